The van der Waals surface area contributed by atoms with Gasteiger partial charge >= 0.3 is 6.18 Å². The number of nitrogens with zero attached hydrogens (tertiary/aromatic N) is 2. The number of amides is 1. The molecule has 128 valence electrons. The Morgan fingerprint density at radius 2 is 1.72 bits per heavy atom. The van der Waals surface area contributed by atoms with Crippen molar-refractivity contribution in [3.8, 4) is 11.1 Å². The average molecular weight is 363 g/mol. The van der Waals surface area contributed by atoms with Gasteiger partial charge in [-0.2, -0.15) is 13.2 Å². The number of rotatable bonds is 3. The highest BCUT2D eigenvalue weighted by atomic mass is 32.1. The first-order valence-corrected chi connectivity index (χ1v) is 8.04. The summed E-state index contributed by atoms with van der Waals surface area (Å²) >= 11 is 1.24. The van der Waals surface area contributed by atoms with Crippen molar-refractivity contribution >= 4 is 22.4 Å². The normalized spacial score (nSPS) is 11.4. The maximum absolute atomic E-state index is 12.7. The number of carbonyl (C=O) groups is 1. The van der Waals surface area contributed by atoms with Gasteiger partial charge in [-0.25, -0.2) is 0 Å². The number of anilines is 1. The number of carbonyl (C=O) groups excluding carboxylic acids is 1. The summed E-state index contributed by atoms with van der Waals surface area (Å²) in [7, 11) is 0. The number of benzene rings is 2. The number of hydrogen-bond acceptors (Lipinski definition) is 4. The Bertz CT molecular complexity index is 904. The molecular weight excluding hydrogens is 351 g/mol. The third kappa shape index (κ3) is 3.85. The Labute approximate surface area is 145 Å². The van der Waals surface area contributed by atoms with Gasteiger partial charge in [-0.15, -0.1) is 10.2 Å². The van der Waals surface area contributed by atoms with Crippen molar-refractivity contribution < 1.29 is 18.0 Å². The molecule has 1 N–H and O–H groups in total. The monoisotopic (exact) mass is 363 g/mol. The van der Waals surface area contributed by atoms with Gasteiger partial charge < -0.3 is 0 Å². The lowest BCUT2D eigenvalue weighted by molar-refractivity contribution is -0.137. The fourth-order valence-electron chi connectivity index (χ4n) is 2.28. The summed E-state index contributed by atoms with van der Waals surface area (Å²) in [5.41, 5.74) is 0.666. The summed E-state index contributed by atoms with van der Waals surface area (Å²) in [4.78, 5) is 12.5. The summed E-state index contributed by atoms with van der Waals surface area (Å²) in [5, 5.41) is 11.4. The molecule has 1 aromatic heterocycles. The second-order valence-electron chi connectivity index (χ2n) is 5.20. The van der Waals surface area contributed by atoms with Crippen molar-refractivity contribution in [2.75, 3.05) is 5.32 Å². The van der Waals surface area contributed by atoms with Crippen LogP contribution in [0.1, 0.15) is 20.9 Å². The van der Waals surface area contributed by atoms with Crippen LogP contribution in [0.5, 0.6) is 0 Å². The minimum atomic E-state index is -4.40. The predicted molar refractivity (Wildman–Crippen MR) is 89.5 cm³/mol. The lowest BCUT2D eigenvalue weighted by Crippen LogP contribution is -2.13. The molecule has 0 spiro atoms. The smallest absolute Gasteiger partial charge is 0.296 e. The van der Waals surface area contributed by atoms with Crippen molar-refractivity contribution in [3.05, 3.63) is 64.7 Å². The van der Waals surface area contributed by atoms with Gasteiger partial charge in [-0.3, -0.25) is 10.1 Å². The van der Waals surface area contributed by atoms with Crippen LogP contribution in [0.15, 0.2) is 48.5 Å². The molecule has 0 saturated carbocycles. The van der Waals surface area contributed by atoms with Gasteiger partial charge in [0, 0.05) is 5.56 Å². The third-order valence-electron chi connectivity index (χ3n) is 3.44. The van der Waals surface area contributed by atoms with Gasteiger partial charge in [0.05, 0.1) is 5.56 Å². The van der Waals surface area contributed by atoms with Gasteiger partial charge in [0.25, 0.3) is 5.91 Å². The first-order chi connectivity index (χ1) is 11.8. The number of alkyl halides is 3. The highest BCUT2D eigenvalue weighted by Gasteiger charge is 2.30. The van der Waals surface area contributed by atoms with Crippen LogP contribution in [0.4, 0.5) is 18.3 Å². The zero-order chi connectivity index (χ0) is 18.0. The fourth-order valence-corrected chi connectivity index (χ4v) is 2.87. The maximum Gasteiger partial charge on any atom is 0.416 e. The van der Waals surface area contributed by atoms with E-state index < -0.39 is 17.6 Å². The zero-order valence-corrected chi connectivity index (χ0v) is 13.8. The van der Waals surface area contributed by atoms with E-state index in [9.17, 15) is 18.0 Å². The number of aromatic nitrogens is 2. The minimum absolute atomic E-state index is 0.343. The number of aryl methyl sites for hydroxylation is 1. The van der Waals surface area contributed by atoms with E-state index in [-0.39, 0.29) is 0 Å². The molecule has 1 amide bonds. The van der Waals surface area contributed by atoms with Crippen molar-refractivity contribution in [1.29, 1.82) is 0 Å². The summed E-state index contributed by atoms with van der Waals surface area (Å²) in [5.74, 6) is -0.397. The topological polar surface area (TPSA) is 54.9 Å². The first kappa shape index (κ1) is 17.1. The van der Waals surface area contributed by atoms with Gasteiger partial charge in [0.2, 0.25) is 5.13 Å². The maximum atomic E-state index is 12.7. The molecule has 0 atom stereocenters. The molecule has 8 heteroatoms. The predicted octanol–water partition coefficient (Wildman–Crippen LogP) is 4.78. The quantitative estimate of drug-likeness (QED) is 0.728. The highest BCUT2D eigenvalue weighted by molar-refractivity contribution is 7.15. The number of nitrogens with one attached hydrogen (secondary N) is 1. The molecular formula is C17H12F3N3OS. The van der Waals surface area contributed by atoms with E-state index in [2.05, 4.69) is 15.5 Å². The Kier molecular flexibility index (Phi) is 4.54. The van der Waals surface area contributed by atoms with Crippen molar-refractivity contribution in [2.45, 2.75) is 13.1 Å². The summed E-state index contributed by atoms with van der Waals surface area (Å²) in [6.07, 6.45) is -4.40. The van der Waals surface area contributed by atoms with E-state index in [0.717, 1.165) is 12.1 Å². The van der Waals surface area contributed by atoms with E-state index in [1.807, 2.05) is 0 Å². The van der Waals surface area contributed by atoms with Crippen LogP contribution in [0.2, 0.25) is 0 Å². The molecule has 0 saturated heterocycles. The summed E-state index contributed by atoms with van der Waals surface area (Å²) < 4.78 is 38.1. The number of halogens is 3. The van der Waals surface area contributed by atoms with Crippen LogP contribution in [0, 0.1) is 6.92 Å². The van der Waals surface area contributed by atoms with Crippen LogP contribution in [-0.2, 0) is 6.18 Å². The van der Waals surface area contributed by atoms with Crippen molar-refractivity contribution in [2.24, 2.45) is 0 Å². The Balaban J connectivity index is 1.91. The summed E-state index contributed by atoms with van der Waals surface area (Å²) in [6.45, 7) is 1.77. The van der Waals surface area contributed by atoms with E-state index in [1.54, 1.807) is 31.2 Å². The van der Waals surface area contributed by atoms with Crippen LogP contribution in [-0.4, -0.2) is 16.1 Å². The molecule has 0 aliphatic heterocycles. The molecule has 0 fully saturated rings. The van der Waals surface area contributed by atoms with Gasteiger partial charge in [-0.1, -0.05) is 41.7 Å². The number of hydrogen-bond donors (Lipinski definition) is 1. The van der Waals surface area contributed by atoms with Gasteiger partial charge in [-0.05, 0) is 36.2 Å². The fraction of sp³-hybridized carbons (Fsp3) is 0.118. The molecule has 0 aliphatic rings. The van der Waals surface area contributed by atoms with E-state index in [1.165, 1.54) is 23.5 Å². The molecule has 0 radical (unpaired) electrons. The molecule has 2 aromatic carbocycles. The van der Waals surface area contributed by atoms with Gasteiger partial charge in [0.1, 0.15) is 5.01 Å². The molecule has 3 rings (SSSR count). The van der Waals surface area contributed by atoms with Gasteiger partial charge in [0.15, 0.2) is 0 Å². The van der Waals surface area contributed by atoms with E-state index in [4.69, 9.17) is 0 Å². The Morgan fingerprint density at radius 1 is 1.04 bits per heavy atom. The molecule has 0 bridgehead atoms. The third-order valence-corrected chi connectivity index (χ3v) is 4.20. The molecule has 1 heterocycles. The van der Waals surface area contributed by atoms with Crippen LogP contribution in [0.25, 0.3) is 11.1 Å². The first-order valence-electron chi connectivity index (χ1n) is 7.23. The van der Waals surface area contributed by atoms with Crippen molar-refractivity contribution in [1.82, 2.24) is 10.2 Å². The van der Waals surface area contributed by atoms with Crippen LogP contribution in [0.3, 0.4) is 0 Å². The van der Waals surface area contributed by atoms with Crippen LogP contribution >= 0.6 is 11.3 Å². The molecule has 4 nitrogen and oxygen atoms in total. The minimum Gasteiger partial charge on any atom is -0.296 e. The molecule has 0 unspecified atom stereocenters. The lowest BCUT2D eigenvalue weighted by atomic mass is 9.98. The molecule has 25 heavy (non-hydrogen) atoms. The largest absolute Gasteiger partial charge is 0.416 e. The highest BCUT2D eigenvalue weighted by Crippen LogP contribution is 2.32. The molecule has 0 aliphatic carbocycles. The Morgan fingerprint density at radius 3 is 2.32 bits per heavy atom. The second-order valence-corrected chi connectivity index (χ2v) is 6.38. The van der Waals surface area contributed by atoms with Crippen LogP contribution < -0.4 is 5.32 Å². The lowest BCUT2D eigenvalue weighted by Gasteiger charge is -2.11. The Hall–Kier alpha value is -2.74. The SMILES string of the molecule is Cc1nnc(NC(=O)c2ccccc2-c2ccc(C(F)(F)F)cc2)s1. The zero-order valence-electron chi connectivity index (χ0n) is 13.0. The standard InChI is InChI=1S/C17H12F3N3OS/c1-10-22-23-16(25-10)21-15(24)14-5-3-2-4-13(14)11-6-8-12(9-7-11)17(18,19)20/h2-9H,1H3,(H,21,23,24). The van der Waals surface area contributed by atoms with E-state index in [0.29, 0.717) is 26.8 Å². The van der Waals surface area contributed by atoms with Crippen molar-refractivity contribution in [3.63, 3.8) is 0 Å². The van der Waals surface area contributed by atoms with E-state index >= 15 is 0 Å². The average Bonchev–Trinajstić information content (AvgIpc) is 2.99. The second kappa shape index (κ2) is 6.64. The summed E-state index contributed by atoms with van der Waals surface area (Å²) in [6, 6.07) is 11.4. The molecule has 3 aromatic rings.